The zero-order valence-electron chi connectivity index (χ0n) is 17.4. The SMILES string of the molecule is CCN1CCC(N(CCc2ccccn2)C(=O)c2ccccc2-n2cncn2)CC1. The Morgan fingerprint density at radius 2 is 1.93 bits per heavy atom. The summed E-state index contributed by atoms with van der Waals surface area (Å²) in [6, 6.07) is 13.8. The van der Waals surface area contributed by atoms with E-state index in [1.54, 1.807) is 17.2 Å². The van der Waals surface area contributed by atoms with E-state index in [1.807, 2.05) is 42.5 Å². The summed E-state index contributed by atoms with van der Waals surface area (Å²) < 4.78 is 1.66. The first-order valence-corrected chi connectivity index (χ1v) is 10.6. The molecule has 0 N–H and O–H groups in total. The maximum Gasteiger partial charge on any atom is 0.256 e. The first-order valence-electron chi connectivity index (χ1n) is 10.6. The van der Waals surface area contributed by atoms with E-state index in [4.69, 9.17) is 0 Å². The van der Waals surface area contributed by atoms with Crippen molar-refractivity contribution in [3.63, 3.8) is 0 Å². The number of carbonyl (C=O) groups excluding carboxylic acids is 1. The van der Waals surface area contributed by atoms with Gasteiger partial charge in [0.1, 0.15) is 12.7 Å². The van der Waals surface area contributed by atoms with E-state index in [0.717, 1.165) is 50.3 Å². The van der Waals surface area contributed by atoms with Gasteiger partial charge in [0.2, 0.25) is 0 Å². The topological polar surface area (TPSA) is 67.2 Å². The molecule has 1 aliphatic rings. The molecule has 3 aromatic rings. The average Bonchev–Trinajstić information content (AvgIpc) is 3.35. The van der Waals surface area contributed by atoms with Crippen LogP contribution in [0.25, 0.3) is 5.69 Å². The number of hydrogen-bond donors (Lipinski definition) is 0. The normalized spacial score (nSPS) is 15.2. The highest BCUT2D eigenvalue weighted by Crippen LogP contribution is 2.22. The van der Waals surface area contributed by atoms with Crippen molar-refractivity contribution in [1.82, 2.24) is 29.5 Å². The van der Waals surface area contributed by atoms with Crippen molar-refractivity contribution in [2.75, 3.05) is 26.2 Å². The highest BCUT2D eigenvalue weighted by Gasteiger charge is 2.29. The van der Waals surface area contributed by atoms with Gasteiger partial charge >= 0.3 is 0 Å². The smallest absolute Gasteiger partial charge is 0.256 e. The Morgan fingerprint density at radius 3 is 2.63 bits per heavy atom. The molecule has 1 amide bonds. The summed E-state index contributed by atoms with van der Waals surface area (Å²) >= 11 is 0. The van der Waals surface area contributed by atoms with Crippen LogP contribution in [0.4, 0.5) is 0 Å². The minimum atomic E-state index is 0.0481. The molecule has 1 aromatic carbocycles. The Morgan fingerprint density at radius 1 is 1.13 bits per heavy atom. The molecule has 7 nitrogen and oxygen atoms in total. The van der Waals surface area contributed by atoms with Crippen molar-refractivity contribution in [2.45, 2.75) is 32.2 Å². The van der Waals surface area contributed by atoms with E-state index in [9.17, 15) is 4.79 Å². The van der Waals surface area contributed by atoms with Crippen molar-refractivity contribution in [1.29, 1.82) is 0 Å². The largest absolute Gasteiger partial charge is 0.335 e. The number of aromatic nitrogens is 4. The van der Waals surface area contributed by atoms with E-state index in [1.165, 1.54) is 6.33 Å². The third kappa shape index (κ3) is 4.57. The summed E-state index contributed by atoms with van der Waals surface area (Å²) in [5.74, 6) is 0.0481. The van der Waals surface area contributed by atoms with Gasteiger partial charge < -0.3 is 9.80 Å². The molecular weight excluding hydrogens is 376 g/mol. The molecule has 4 rings (SSSR count). The number of benzene rings is 1. The van der Waals surface area contributed by atoms with Gasteiger partial charge in [0.15, 0.2) is 0 Å². The molecular formula is C23H28N6O. The molecule has 1 saturated heterocycles. The molecule has 2 aromatic heterocycles. The van der Waals surface area contributed by atoms with Crippen molar-refractivity contribution in [3.8, 4) is 5.69 Å². The average molecular weight is 405 g/mol. The number of piperidine rings is 1. The fourth-order valence-electron chi connectivity index (χ4n) is 4.12. The van der Waals surface area contributed by atoms with E-state index >= 15 is 0 Å². The molecule has 156 valence electrons. The van der Waals surface area contributed by atoms with Crippen LogP contribution in [0.1, 0.15) is 35.8 Å². The zero-order valence-corrected chi connectivity index (χ0v) is 17.4. The minimum Gasteiger partial charge on any atom is -0.335 e. The number of amides is 1. The van der Waals surface area contributed by atoms with Crippen molar-refractivity contribution in [2.24, 2.45) is 0 Å². The summed E-state index contributed by atoms with van der Waals surface area (Å²) in [6.45, 7) is 5.96. The maximum absolute atomic E-state index is 13.8. The summed E-state index contributed by atoms with van der Waals surface area (Å²) in [4.78, 5) is 26.7. The number of rotatable bonds is 7. The predicted octanol–water partition coefficient (Wildman–Crippen LogP) is 2.83. The van der Waals surface area contributed by atoms with Gasteiger partial charge in [0.25, 0.3) is 5.91 Å². The highest BCUT2D eigenvalue weighted by atomic mass is 16.2. The van der Waals surface area contributed by atoms with E-state index in [2.05, 4.69) is 31.8 Å². The molecule has 0 unspecified atom stereocenters. The van der Waals surface area contributed by atoms with E-state index in [0.29, 0.717) is 12.1 Å². The number of para-hydroxylation sites is 1. The maximum atomic E-state index is 13.8. The number of likely N-dealkylation sites (tertiary alicyclic amines) is 1. The van der Waals surface area contributed by atoms with Crippen molar-refractivity contribution in [3.05, 3.63) is 72.6 Å². The van der Waals surface area contributed by atoms with Gasteiger partial charge in [-0.1, -0.05) is 25.1 Å². The molecule has 1 fully saturated rings. The second-order valence-electron chi connectivity index (χ2n) is 7.59. The zero-order chi connectivity index (χ0) is 20.8. The summed E-state index contributed by atoms with van der Waals surface area (Å²) in [5.41, 5.74) is 2.42. The molecule has 1 aliphatic heterocycles. The fourth-order valence-corrected chi connectivity index (χ4v) is 4.12. The monoisotopic (exact) mass is 404 g/mol. The highest BCUT2D eigenvalue weighted by molar-refractivity contribution is 5.98. The van der Waals surface area contributed by atoms with Crippen LogP contribution in [0.2, 0.25) is 0 Å². The van der Waals surface area contributed by atoms with Crippen LogP contribution in [0.5, 0.6) is 0 Å². The van der Waals surface area contributed by atoms with Gasteiger partial charge in [0, 0.05) is 44.0 Å². The Hall–Kier alpha value is -3.06. The van der Waals surface area contributed by atoms with E-state index in [-0.39, 0.29) is 11.9 Å². The second-order valence-corrected chi connectivity index (χ2v) is 7.59. The number of pyridine rings is 1. The van der Waals surface area contributed by atoms with Crippen LogP contribution in [0, 0.1) is 0 Å². The Kier molecular flexibility index (Phi) is 6.49. The molecule has 0 radical (unpaired) electrons. The summed E-state index contributed by atoms with van der Waals surface area (Å²) in [5, 5.41) is 4.23. The lowest BCUT2D eigenvalue weighted by Crippen LogP contribution is -2.48. The molecule has 0 saturated carbocycles. The first kappa shape index (κ1) is 20.2. The van der Waals surface area contributed by atoms with Crippen molar-refractivity contribution >= 4 is 5.91 Å². The van der Waals surface area contributed by atoms with E-state index < -0.39 is 0 Å². The number of carbonyl (C=O) groups is 1. The van der Waals surface area contributed by atoms with Gasteiger partial charge in [-0.3, -0.25) is 9.78 Å². The quantitative estimate of drug-likeness (QED) is 0.606. The van der Waals surface area contributed by atoms with Crippen LogP contribution < -0.4 is 0 Å². The Balaban J connectivity index is 1.59. The van der Waals surface area contributed by atoms with Gasteiger partial charge in [0.05, 0.1) is 11.3 Å². The lowest BCUT2D eigenvalue weighted by Gasteiger charge is -2.38. The third-order valence-corrected chi connectivity index (χ3v) is 5.84. The Bertz CT molecular complexity index is 935. The molecule has 0 atom stereocenters. The molecule has 3 heterocycles. The van der Waals surface area contributed by atoms with Crippen molar-refractivity contribution < 1.29 is 4.79 Å². The molecule has 0 bridgehead atoms. The van der Waals surface area contributed by atoms with Gasteiger partial charge in [-0.05, 0) is 43.7 Å². The standard InChI is InChI=1S/C23H28N6O/c1-2-27-14-11-20(12-15-27)28(16-10-19-7-5-6-13-25-19)23(30)21-8-3-4-9-22(21)29-18-24-17-26-29/h3-9,13,17-18,20H,2,10-12,14-16H2,1H3. The fraction of sp³-hybridized carbons (Fsp3) is 0.391. The second kappa shape index (κ2) is 9.63. The van der Waals surface area contributed by atoms with Gasteiger partial charge in [-0.25, -0.2) is 9.67 Å². The summed E-state index contributed by atoms with van der Waals surface area (Å²) in [7, 11) is 0. The lowest BCUT2D eigenvalue weighted by molar-refractivity contribution is 0.0579. The van der Waals surface area contributed by atoms with Crippen LogP contribution >= 0.6 is 0 Å². The molecule has 0 spiro atoms. The lowest BCUT2D eigenvalue weighted by atomic mass is 10.0. The minimum absolute atomic E-state index is 0.0481. The van der Waals surface area contributed by atoms with Crippen LogP contribution in [-0.2, 0) is 6.42 Å². The molecule has 30 heavy (non-hydrogen) atoms. The third-order valence-electron chi connectivity index (χ3n) is 5.84. The van der Waals surface area contributed by atoms with Gasteiger partial charge in [-0.15, -0.1) is 0 Å². The summed E-state index contributed by atoms with van der Waals surface area (Å²) in [6.07, 6.45) is 7.65. The number of hydrogen-bond acceptors (Lipinski definition) is 5. The van der Waals surface area contributed by atoms with Gasteiger partial charge in [-0.2, -0.15) is 5.10 Å². The molecule has 7 heteroatoms. The first-order chi connectivity index (χ1) is 14.8. The predicted molar refractivity (Wildman–Crippen MR) is 115 cm³/mol. The van der Waals surface area contributed by atoms with Crippen LogP contribution in [-0.4, -0.2) is 67.7 Å². The van der Waals surface area contributed by atoms with Crippen LogP contribution in [0.3, 0.4) is 0 Å². The van der Waals surface area contributed by atoms with Crippen LogP contribution in [0.15, 0.2) is 61.3 Å². The number of nitrogens with zero attached hydrogens (tertiary/aromatic N) is 6. The molecule has 0 aliphatic carbocycles. The Labute approximate surface area is 177 Å².